The average molecular weight is 329 g/mol. The number of likely N-dealkylation sites (tertiary alicyclic amines) is 1. The third kappa shape index (κ3) is 2.86. The Hall–Kier alpha value is -2.56. The number of hydrogen-bond donors (Lipinski definition) is 1. The number of nitrogens with zero attached hydrogens (tertiary/aromatic N) is 2. The number of esters is 1. The first-order chi connectivity index (χ1) is 10.6. The molecule has 2 aliphatic rings. The van der Waals surface area contributed by atoms with Gasteiger partial charge >= 0.3 is 5.97 Å². The van der Waals surface area contributed by atoms with E-state index in [0.717, 1.165) is 13.2 Å². The minimum Gasteiger partial charge on any atom is -0.544 e. The Morgan fingerprint density at radius 1 is 1.30 bits per heavy atom. The predicted octanol–water partition coefficient (Wildman–Crippen LogP) is -3.44. The van der Waals surface area contributed by atoms with Crippen LogP contribution in [0.25, 0.3) is 0 Å². The van der Waals surface area contributed by atoms with Crippen molar-refractivity contribution in [1.82, 2.24) is 0 Å². The van der Waals surface area contributed by atoms with E-state index in [1.54, 1.807) is 0 Å². The van der Waals surface area contributed by atoms with Gasteiger partial charge in [-0.3, -0.25) is 20.2 Å². The van der Waals surface area contributed by atoms with E-state index in [9.17, 15) is 34.9 Å². The Bertz CT molecular complexity index is 617. The maximum absolute atomic E-state index is 11.7. The molecule has 1 aliphatic carbocycles. The molecule has 0 aromatic rings. The lowest BCUT2D eigenvalue weighted by Gasteiger charge is -2.42. The van der Waals surface area contributed by atoms with Gasteiger partial charge in [0.15, 0.2) is 6.54 Å². The van der Waals surface area contributed by atoms with Gasteiger partial charge in [-0.05, 0) is 0 Å². The van der Waals surface area contributed by atoms with Crippen LogP contribution in [0.4, 0.5) is 0 Å². The summed E-state index contributed by atoms with van der Waals surface area (Å²) in [6.07, 6.45) is 0.352. The predicted molar refractivity (Wildman–Crippen MR) is 69.4 cm³/mol. The molecule has 11 nitrogen and oxygen atoms in total. The molecule has 11 heteroatoms. The van der Waals surface area contributed by atoms with Crippen molar-refractivity contribution in [2.45, 2.75) is 23.9 Å². The molecule has 126 valence electrons. The molecule has 0 radical (unpaired) electrons. The standard InChI is InChI=1S/C12H15N3O8/c1-23-10(18)8-2-11(14(19)20)5-12(3-8,15(21)22)7-13(6-11)4-9(16)17/h2H,3-7H2,1H3,(H,16,17)/t11-,12+/m0/s1. The molecular formula is C12H15N3O8. The normalized spacial score (nSPS) is 32.6. The van der Waals surface area contributed by atoms with Gasteiger partial charge in [-0.1, -0.05) is 0 Å². The molecule has 1 heterocycles. The number of fused-ring (bicyclic) bond motifs is 2. The van der Waals surface area contributed by atoms with Crippen LogP contribution in [0.2, 0.25) is 0 Å². The summed E-state index contributed by atoms with van der Waals surface area (Å²) in [5, 5.41) is 33.9. The molecule has 1 saturated heterocycles. The molecule has 1 aliphatic heterocycles. The highest BCUT2D eigenvalue weighted by Gasteiger charge is 2.67. The third-order valence-electron chi connectivity index (χ3n) is 4.33. The lowest BCUT2D eigenvalue weighted by Crippen LogP contribution is -3.19. The number of rotatable bonds is 5. The molecule has 23 heavy (non-hydrogen) atoms. The lowest BCUT2D eigenvalue weighted by molar-refractivity contribution is -0.938. The monoisotopic (exact) mass is 329 g/mol. The van der Waals surface area contributed by atoms with Crippen LogP contribution in [0.5, 0.6) is 0 Å². The van der Waals surface area contributed by atoms with Crippen LogP contribution in [0.1, 0.15) is 12.8 Å². The maximum atomic E-state index is 11.7. The van der Waals surface area contributed by atoms with Crippen LogP contribution in [-0.2, 0) is 14.3 Å². The Kier molecular flexibility index (Phi) is 4.07. The van der Waals surface area contributed by atoms with Gasteiger partial charge in [-0.2, -0.15) is 0 Å². The van der Waals surface area contributed by atoms with Crippen molar-refractivity contribution in [3.8, 4) is 0 Å². The summed E-state index contributed by atoms with van der Waals surface area (Å²) in [5.41, 5.74) is -3.79. The minimum atomic E-state index is -1.88. The van der Waals surface area contributed by atoms with Gasteiger partial charge in [0.25, 0.3) is 11.1 Å². The minimum absolute atomic E-state index is 0.125. The number of aliphatic carboxylic acids is 1. The van der Waals surface area contributed by atoms with Crippen molar-refractivity contribution in [2.24, 2.45) is 0 Å². The quantitative estimate of drug-likeness (QED) is 0.310. The lowest BCUT2D eigenvalue weighted by atomic mass is 9.69. The molecule has 1 unspecified atom stereocenters. The van der Waals surface area contributed by atoms with E-state index >= 15 is 0 Å². The zero-order valence-corrected chi connectivity index (χ0v) is 12.3. The zero-order chi connectivity index (χ0) is 17.4. The average Bonchev–Trinajstić information content (AvgIpc) is 2.44. The van der Waals surface area contributed by atoms with Gasteiger partial charge in [0, 0.05) is 21.5 Å². The molecule has 1 fully saturated rings. The van der Waals surface area contributed by atoms with Gasteiger partial charge in [0.05, 0.1) is 19.5 Å². The van der Waals surface area contributed by atoms with E-state index in [4.69, 9.17) is 0 Å². The van der Waals surface area contributed by atoms with Crippen molar-refractivity contribution >= 4 is 11.9 Å². The fraction of sp³-hybridized carbons (Fsp3) is 0.667. The van der Waals surface area contributed by atoms with Crippen LogP contribution in [-0.4, -0.2) is 59.6 Å². The number of quaternary nitrogens is 1. The van der Waals surface area contributed by atoms with E-state index in [1.165, 1.54) is 0 Å². The molecular weight excluding hydrogens is 314 g/mol. The fourth-order valence-corrected chi connectivity index (χ4v) is 3.58. The van der Waals surface area contributed by atoms with Crippen LogP contribution < -0.4 is 10.0 Å². The second-order valence-electron chi connectivity index (χ2n) is 6.01. The fourth-order valence-electron chi connectivity index (χ4n) is 3.58. The summed E-state index contributed by atoms with van der Waals surface area (Å²) in [6, 6.07) is 0. The van der Waals surface area contributed by atoms with Crippen molar-refractivity contribution < 1.29 is 34.2 Å². The zero-order valence-electron chi connectivity index (χ0n) is 12.3. The van der Waals surface area contributed by atoms with Crippen LogP contribution in [0, 0.1) is 20.2 Å². The maximum Gasteiger partial charge on any atom is 0.333 e. The number of methoxy groups -OCH3 is 1. The van der Waals surface area contributed by atoms with Crippen LogP contribution in [0.15, 0.2) is 11.6 Å². The highest BCUT2D eigenvalue weighted by Crippen LogP contribution is 2.39. The highest BCUT2D eigenvalue weighted by molar-refractivity contribution is 5.89. The first kappa shape index (κ1) is 16.8. The number of carbonyl (C=O) groups is 2. The molecule has 1 N–H and O–H groups in total. The number of nitro groups is 2. The smallest absolute Gasteiger partial charge is 0.333 e. The molecule has 0 aromatic heterocycles. The summed E-state index contributed by atoms with van der Waals surface area (Å²) in [4.78, 5) is 44.5. The van der Waals surface area contributed by atoms with Gasteiger partial charge in [0.1, 0.15) is 19.5 Å². The van der Waals surface area contributed by atoms with E-state index in [1.807, 2.05) is 0 Å². The second-order valence-corrected chi connectivity index (χ2v) is 6.01. The number of ether oxygens (including phenoxy) is 1. The first-order valence-corrected chi connectivity index (χ1v) is 6.77. The summed E-state index contributed by atoms with van der Waals surface area (Å²) >= 11 is 0. The highest BCUT2D eigenvalue weighted by atomic mass is 16.6. The first-order valence-electron chi connectivity index (χ1n) is 6.77. The number of carboxylic acid groups (broad SMARTS) is 1. The molecule has 0 saturated carbocycles. The molecule has 0 spiro atoms. The van der Waals surface area contributed by atoms with E-state index in [2.05, 4.69) is 4.74 Å². The molecule has 0 aromatic carbocycles. The van der Waals surface area contributed by atoms with Crippen LogP contribution >= 0.6 is 0 Å². The SMILES string of the molecule is COC(=O)C1=C[C@@]2([N+](=O)[O-])C[NH+](CC(=O)[O-])C[C@@]([N+](=O)[O-])(C1)C2. The van der Waals surface area contributed by atoms with Crippen molar-refractivity contribution in [3.05, 3.63) is 31.9 Å². The molecule has 0 amide bonds. The Labute approximate surface area is 129 Å². The van der Waals surface area contributed by atoms with Crippen LogP contribution in [0.3, 0.4) is 0 Å². The number of nitrogens with one attached hydrogen (secondary N) is 1. The number of carbonyl (C=O) groups excluding carboxylic acids is 2. The van der Waals surface area contributed by atoms with Crippen molar-refractivity contribution in [2.75, 3.05) is 26.7 Å². The summed E-state index contributed by atoms with van der Waals surface area (Å²) < 4.78 is 4.53. The summed E-state index contributed by atoms with van der Waals surface area (Å²) in [7, 11) is 1.08. The van der Waals surface area contributed by atoms with Gasteiger partial charge in [-0.15, -0.1) is 0 Å². The van der Waals surface area contributed by atoms with E-state index < -0.39 is 45.8 Å². The number of piperidine rings is 1. The van der Waals surface area contributed by atoms with Crippen molar-refractivity contribution in [3.63, 3.8) is 0 Å². The van der Waals surface area contributed by atoms with Gasteiger partial charge in [-0.25, -0.2) is 4.79 Å². The van der Waals surface area contributed by atoms with Gasteiger partial charge < -0.3 is 19.5 Å². The van der Waals surface area contributed by atoms with E-state index in [0.29, 0.717) is 0 Å². The topological polar surface area (TPSA) is 157 Å². The second kappa shape index (κ2) is 5.57. The number of hydrogen-bond acceptors (Lipinski definition) is 8. The van der Waals surface area contributed by atoms with E-state index in [-0.39, 0.29) is 30.0 Å². The molecule has 2 bridgehead atoms. The summed E-state index contributed by atoms with van der Waals surface area (Å²) in [5.74, 6) is -2.31. The molecule has 3 atom stereocenters. The van der Waals surface area contributed by atoms with Gasteiger partial charge in [0.2, 0.25) is 0 Å². The Balaban J connectivity index is 2.54. The Morgan fingerprint density at radius 2 is 1.96 bits per heavy atom. The van der Waals surface area contributed by atoms with Crippen molar-refractivity contribution in [1.29, 1.82) is 0 Å². The third-order valence-corrected chi connectivity index (χ3v) is 4.33. The number of carboxylic acids is 1. The summed E-state index contributed by atoms with van der Waals surface area (Å²) in [6.45, 7) is -1.09. The molecule has 2 rings (SSSR count). The largest absolute Gasteiger partial charge is 0.544 e. The Morgan fingerprint density at radius 3 is 2.43 bits per heavy atom.